The first-order valence-electron chi connectivity index (χ1n) is 5.48. The summed E-state index contributed by atoms with van der Waals surface area (Å²) in [7, 11) is 0. The number of hydrogen-bond acceptors (Lipinski definition) is 4. The van der Waals surface area contributed by atoms with Gasteiger partial charge in [-0.2, -0.15) is 0 Å². The molecule has 0 saturated heterocycles. The standard InChI is InChI=1S/C13H11N3O3/c1-8-4-9(2-3-15-8)12(17)16-11-5-10(13(18)19)6-14-7-11/h2-7H,1H3,(H,16,17)(H,18,19). The van der Waals surface area contributed by atoms with Crippen molar-refractivity contribution < 1.29 is 14.7 Å². The van der Waals surface area contributed by atoms with E-state index in [1.165, 1.54) is 24.7 Å². The number of hydrogen-bond donors (Lipinski definition) is 2. The molecule has 2 N–H and O–H groups in total. The molecule has 0 atom stereocenters. The number of carbonyl (C=O) groups is 2. The second-order valence-corrected chi connectivity index (χ2v) is 3.91. The Morgan fingerprint density at radius 2 is 2.00 bits per heavy atom. The smallest absolute Gasteiger partial charge is 0.337 e. The van der Waals surface area contributed by atoms with Crippen LogP contribution in [0.2, 0.25) is 0 Å². The van der Waals surface area contributed by atoms with Gasteiger partial charge in [-0.05, 0) is 25.1 Å². The highest BCUT2D eigenvalue weighted by atomic mass is 16.4. The lowest BCUT2D eigenvalue weighted by Crippen LogP contribution is -2.13. The van der Waals surface area contributed by atoms with E-state index in [4.69, 9.17) is 5.11 Å². The van der Waals surface area contributed by atoms with Gasteiger partial charge in [0.2, 0.25) is 0 Å². The monoisotopic (exact) mass is 257 g/mol. The number of nitrogens with zero attached hydrogens (tertiary/aromatic N) is 2. The number of pyridine rings is 2. The molecule has 0 aliphatic heterocycles. The molecule has 0 fully saturated rings. The second kappa shape index (κ2) is 5.26. The number of aromatic carboxylic acids is 1. The van der Waals surface area contributed by atoms with E-state index in [0.717, 1.165) is 5.69 Å². The summed E-state index contributed by atoms with van der Waals surface area (Å²) in [5.74, 6) is -1.43. The van der Waals surface area contributed by atoms with Crippen LogP contribution in [0, 0.1) is 6.92 Å². The van der Waals surface area contributed by atoms with Gasteiger partial charge in [-0.25, -0.2) is 4.79 Å². The molecule has 6 nitrogen and oxygen atoms in total. The number of nitrogens with one attached hydrogen (secondary N) is 1. The van der Waals surface area contributed by atoms with Crippen molar-refractivity contribution in [2.24, 2.45) is 0 Å². The molecule has 0 unspecified atom stereocenters. The van der Waals surface area contributed by atoms with E-state index in [9.17, 15) is 9.59 Å². The van der Waals surface area contributed by atoms with Crippen LogP contribution in [0.25, 0.3) is 0 Å². The molecular formula is C13H11N3O3. The van der Waals surface area contributed by atoms with Crippen molar-refractivity contribution >= 4 is 17.6 Å². The van der Waals surface area contributed by atoms with E-state index in [-0.39, 0.29) is 11.5 Å². The molecule has 2 aromatic heterocycles. The summed E-state index contributed by atoms with van der Waals surface area (Å²) in [6, 6.07) is 4.57. The molecule has 0 spiro atoms. The fraction of sp³-hybridized carbons (Fsp3) is 0.0769. The lowest BCUT2D eigenvalue weighted by molar-refractivity contribution is 0.0696. The van der Waals surface area contributed by atoms with E-state index < -0.39 is 5.97 Å². The predicted molar refractivity (Wildman–Crippen MR) is 68.1 cm³/mol. The number of carbonyl (C=O) groups excluding carboxylic acids is 1. The van der Waals surface area contributed by atoms with Crippen molar-refractivity contribution in [1.82, 2.24) is 9.97 Å². The molecule has 19 heavy (non-hydrogen) atoms. The lowest BCUT2D eigenvalue weighted by Gasteiger charge is -2.05. The van der Waals surface area contributed by atoms with Crippen molar-refractivity contribution in [2.45, 2.75) is 6.92 Å². The minimum Gasteiger partial charge on any atom is -0.478 e. The maximum Gasteiger partial charge on any atom is 0.337 e. The molecule has 0 aromatic carbocycles. The molecule has 2 heterocycles. The highest BCUT2D eigenvalue weighted by molar-refractivity contribution is 6.04. The third-order valence-corrected chi connectivity index (χ3v) is 2.40. The Morgan fingerprint density at radius 3 is 2.68 bits per heavy atom. The Kier molecular flexibility index (Phi) is 3.51. The topological polar surface area (TPSA) is 92.2 Å². The van der Waals surface area contributed by atoms with Crippen LogP contribution in [0.5, 0.6) is 0 Å². The van der Waals surface area contributed by atoms with Gasteiger partial charge in [0.15, 0.2) is 0 Å². The van der Waals surface area contributed by atoms with Crippen LogP contribution in [-0.2, 0) is 0 Å². The minimum atomic E-state index is -1.09. The van der Waals surface area contributed by atoms with Crippen LogP contribution in [0.4, 0.5) is 5.69 Å². The van der Waals surface area contributed by atoms with Gasteiger partial charge in [0.1, 0.15) is 0 Å². The summed E-state index contributed by atoms with van der Waals surface area (Å²) in [5.41, 5.74) is 1.53. The Labute approximate surface area is 109 Å². The average molecular weight is 257 g/mol. The minimum absolute atomic E-state index is 0.0173. The van der Waals surface area contributed by atoms with Gasteiger partial charge in [0.25, 0.3) is 5.91 Å². The maximum absolute atomic E-state index is 11.9. The van der Waals surface area contributed by atoms with Gasteiger partial charge in [0, 0.05) is 23.7 Å². The van der Waals surface area contributed by atoms with Crippen molar-refractivity contribution in [2.75, 3.05) is 5.32 Å². The highest BCUT2D eigenvalue weighted by Crippen LogP contribution is 2.11. The molecule has 0 bridgehead atoms. The van der Waals surface area contributed by atoms with Gasteiger partial charge in [-0.15, -0.1) is 0 Å². The zero-order valence-electron chi connectivity index (χ0n) is 10.1. The van der Waals surface area contributed by atoms with Crippen LogP contribution in [0.1, 0.15) is 26.4 Å². The van der Waals surface area contributed by atoms with Gasteiger partial charge in [0.05, 0.1) is 17.4 Å². The van der Waals surface area contributed by atoms with E-state index in [2.05, 4.69) is 15.3 Å². The first kappa shape index (κ1) is 12.7. The number of anilines is 1. The van der Waals surface area contributed by atoms with Crippen LogP contribution in [0.3, 0.4) is 0 Å². The van der Waals surface area contributed by atoms with Gasteiger partial charge in [-0.3, -0.25) is 14.8 Å². The first-order chi connectivity index (χ1) is 9.06. The molecule has 96 valence electrons. The molecule has 1 amide bonds. The van der Waals surface area contributed by atoms with Crippen LogP contribution in [-0.4, -0.2) is 27.0 Å². The fourth-order valence-electron chi connectivity index (χ4n) is 1.52. The summed E-state index contributed by atoms with van der Waals surface area (Å²) in [5, 5.41) is 11.4. The second-order valence-electron chi connectivity index (χ2n) is 3.91. The Hall–Kier alpha value is -2.76. The van der Waals surface area contributed by atoms with E-state index in [1.807, 2.05) is 0 Å². The Balaban J connectivity index is 2.19. The largest absolute Gasteiger partial charge is 0.478 e. The van der Waals surface area contributed by atoms with Crippen molar-refractivity contribution in [3.05, 3.63) is 53.6 Å². The summed E-state index contributed by atoms with van der Waals surface area (Å²) >= 11 is 0. The summed E-state index contributed by atoms with van der Waals surface area (Å²) in [4.78, 5) is 30.5. The van der Waals surface area contributed by atoms with Crippen molar-refractivity contribution in [1.29, 1.82) is 0 Å². The lowest BCUT2D eigenvalue weighted by atomic mass is 10.2. The number of carboxylic acids is 1. The summed E-state index contributed by atoms with van der Waals surface area (Å²) in [6.07, 6.45) is 4.14. The predicted octanol–water partition coefficient (Wildman–Crippen LogP) is 1.74. The normalized spacial score (nSPS) is 9.95. The molecule has 2 rings (SSSR count). The third-order valence-electron chi connectivity index (χ3n) is 2.40. The Morgan fingerprint density at radius 1 is 1.21 bits per heavy atom. The molecular weight excluding hydrogens is 246 g/mol. The average Bonchev–Trinajstić information content (AvgIpc) is 2.39. The number of aryl methyl sites for hydroxylation is 1. The SMILES string of the molecule is Cc1cc(C(=O)Nc2cncc(C(=O)O)c2)ccn1. The van der Waals surface area contributed by atoms with E-state index in [1.54, 1.807) is 19.1 Å². The summed E-state index contributed by atoms with van der Waals surface area (Å²) in [6.45, 7) is 1.78. The summed E-state index contributed by atoms with van der Waals surface area (Å²) < 4.78 is 0. The van der Waals surface area contributed by atoms with Crippen molar-refractivity contribution in [3.8, 4) is 0 Å². The molecule has 0 aliphatic rings. The first-order valence-corrected chi connectivity index (χ1v) is 5.48. The molecule has 0 saturated carbocycles. The van der Waals surface area contributed by atoms with Gasteiger partial charge < -0.3 is 10.4 Å². The Bertz CT molecular complexity index is 641. The maximum atomic E-state index is 11.9. The molecule has 6 heteroatoms. The zero-order valence-corrected chi connectivity index (χ0v) is 10.1. The van der Waals surface area contributed by atoms with Crippen LogP contribution < -0.4 is 5.32 Å². The molecule has 2 aromatic rings. The third kappa shape index (κ3) is 3.12. The van der Waals surface area contributed by atoms with Crippen LogP contribution in [0.15, 0.2) is 36.8 Å². The van der Waals surface area contributed by atoms with E-state index >= 15 is 0 Å². The highest BCUT2D eigenvalue weighted by Gasteiger charge is 2.09. The van der Waals surface area contributed by atoms with Crippen LogP contribution >= 0.6 is 0 Å². The van der Waals surface area contributed by atoms with Gasteiger partial charge in [-0.1, -0.05) is 0 Å². The zero-order chi connectivity index (χ0) is 13.8. The van der Waals surface area contributed by atoms with E-state index in [0.29, 0.717) is 11.3 Å². The number of aromatic nitrogens is 2. The van der Waals surface area contributed by atoms with Crippen molar-refractivity contribution in [3.63, 3.8) is 0 Å². The molecule has 0 radical (unpaired) electrons. The number of carboxylic acid groups (broad SMARTS) is 1. The molecule has 0 aliphatic carbocycles. The fourth-order valence-corrected chi connectivity index (χ4v) is 1.52. The quantitative estimate of drug-likeness (QED) is 0.873. The van der Waals surface area contributed by atoms with Gasteiger partial charge >= 0.3 is 5.97 Å². The number of rotatable bonds is 3. The number of amides is 1.